The van der Waals surface area contributed by atoms with Crippen molar-refractivity contribution in [2.75, 3.05) is 38.7 Å². The Morgan fingerprint density at radius 2 is 1.93 bits per heavy atom. The van der Waals surface area contributed by atoms with Crippen LogP contribution in [-0.2, 0) is 6.42 Å². The van der Waals surface area contributed by atoms with Gasteiger partial charge in [-0.1, -0.05) is 6.07 Å². The van der Waals surface area contributed by atoms with Crippen molar-refractivity contribution in [1.29, 1.82) is 0 Å². The maximum atomic E-state index is 6.24. The fraction of sp³-hybridized carbons (Fsp3) is 0.458. The summed E-state index contributed by atoms with van der Waals surface area (Å²) in [5.41, 5.74) is 6.13. The van der Waals surface area contributed by atoms with Gasteiger partial charge >= 0.3 is 0 Å². The number of rotatable bonds is 3. The lowest BCUT2D eigenvalue weighted by atomic mass is 9.91. The number of piperidine rings is 1. The van der Waals surface area contributed by atoms with E-state index in [1.54, 1.807) is 0 Å². The summed E-state index contributed by atoms with van der Waals surface area (Å²) in [6.45, 7) is 5.01. The summed E-state index contributed by atoms with van der Waals surface area (Å²) in [7, 11) is 4.38. The van der Waals surface area contributed by atoms with E-state index >= 15 is 0 Å². The number of benzene rings is 1. The second-order valence-corrected chi connectivity index (χ2v) is 8.82. The van der Waals surface area contributed by atoms with E-state index in [1.807, 2.05) is 13.1 Å². The van der Waals surface area contributed by atoms with Crippen LogP contribution in [0.5, 0.6) is 5.75 Å². The van der Waals surface area contributed by atoms with Crippen LogP contribution in [0.25, 0.3) is 5.52 Å². The first kappa shape index (κ1) is 18.5. The standard InChI is InChI=1S/C24H30N4O/c1-17-14-28-15-19(11-23(28)13-25-17)20-10-18-4-5-22(12-24(18)29-16-20)27-8-6-21(7-9-27)26(2)3/h4-5,11-15,20-21H,6-10,16H2,1-3H3. The molecule has 2 aliphatic rings. The van der Waals surface area contributed by atoms with E-state index in [2.05, 4.69) is 69.9 Å². The van der Waals surface area contributed by atoms with Crippen molar-refractivity contribution >= 4 is 11.2 Å². The van der Waals surface area contributed by atoms with Gasteiger partial charge in [0.1, 0.15) is 5.75 Å². The molecule has 5 heteroatoms. The molecule has 5 rings (SSSR count). The third-order valence-electron chi connectivity index (χ3n) is 6.62. The zero-order valence-corrected chi connectivity index (χ0v) is 17.6. The summed E-state index contributed by atoms with van der Waals surface area (Å²) >= 11 is 0. The number of fused-ring (bicyclic) bond motifs is 2. The summed E-state index contributed by atoms with van der Waals surface area (Å²) in [5, 5.41) is 0. The first-order valence-corrected chi connectivity index (χ1v) is 10.7. The summed E-state index contributed by atoms with van der Waals surface area (Å²) in [6.07, 6.45) is 9.74. The average molecular weight is 391 g/mol. The Bertz CT molecular complexity index is 1020. The zero-order chi connectivity index (χ0) is 20.0. The topological polar surface area (TPSA) is 33.0 Å². The molecule has 0 radical (unpaired) electrons. The molecular weight excluding hydrogens is 360 g/mol. The van der Waals surface area contributed by atoms with Gasteiger partial charge in [-0.05, 0) is 63.5 Å². The fourth-order valence-electron chi connectivity index (χ4n) is 4.77. The summed E-state index contributed by atoms with van der Waals surface area (Å²) in [4.78, 5) is 9.27. The van der Waals surface area contributed by atoms with Gasteiger partial charge in [-0.25, -0.2) is 0 Å². The van der Waals surface area contributed by atoms with Crippen LogP contribution in [0.3, 0.4) is 0 Å². The van der Waals surface area contributed by atoms with E-state index < -0.39 is 0 Å². The number of nitrogens with zero attached hydrogens (tertiary/aromatic N) is 4. The van der Waals surface area contributed by atoms with Crippen molar-refractivity contribution in [3.63, 3.8) is 0 Å². The van der Waals surface area contributed by atoms with Crippen LogP contribution in [0.1, 0.15) is 35.6 Å². The van der Waals surface area contributed by atoms with Gasteiger partial charge in [0.15, 0.2) is 0 Å². The highest BCUT2D eigenvalue weighted by atomic mass is 16.5. The van der Waals surface area contributed by atoms with Gasteiger partial charge in [0, 0.05) is 49.2 Å². The predicted octanol–water partition coefficient (Wildman–Crippen LogP) is 3.89. The molecule has 0 N–H and O–H groups in total. The van der Waals surface area contributed by atoms with Crippen LogP contribution in [0.4, 0.5) is 5.69 Å². The normalized spacial score (nSPS) is 20.1. The second kappa shape index (κ2) is 7.38. The van der Waals surface area contributed by atoms with Crippen molar-refractivity contribution in [2.24, 2.45) is 0 Å². The average Bonchev–Trinajstić information content (AvgIpc) is 3.16. The third-order valence-corrected chi connectivity index (χ3v) is 6.62. The highest BCUT2D eigenvalue weighted by Crippen LogP contribution is 2.36. The van der Waals surface area contributed by atoms with Gasteiger partial charge in [0.2, 0.25) is 0 Å². The Labute approximate surface area is 172 Å². The Morgan fingerprint density at radius 3 is 2.72 bits per heavy atom. The van der Waals surface area contributed by atoms with Crippen molar-refractivity contribution in [3.8, 4) is 5.75 Å². The highest BCUT2D eigenvalue weighted by Gasteiger charge is 2.25. The molecule has 0 bridgehead atoms. The number of ether oxygens (including phenoxy) is 1. The van der Waals surface area contributed by atoms with Gasteiger partial charge in [-0.15, -0.1) is 0 Å². The van der Waals surface area contributed by atoms with Crippen molar-refractivity contribution in [2.45, 2.75) is 38.1 Å². The maximum absolute atomic E-state index is 6.24. The SMILES string of the molecule is Cc1cn2cc(C3COc4cc(N5CCC(N(C)C)CC5)ccc4C3)cc2cn1. The minimum atomic E-state index is 0.393. The lowest BCUT2D eigenvalue weighted by Crippen LogP contribution is -2.42. The third kappa shape index (κ3) is 3.60. The monoisotopic (exact) mass is 390 g/mol. The van der Waals surface area contributed by atoms with Gasteiger partial charge in [-0.2, -0.15) is 0 Å². The van der Waals surface area contributed by atoms with E-state index in [1.165, 1.54) is 29.7 Å². The molecule has 0 amide bonds. The number of anilines is 1. The van der Waals surface area contributed by atoms with Gasteiger partial charge in [0.25, 0.3) is 0 Å². The van der Waals surface area contributed by atoms with E-state index in [-0.39, 0.29) is 0 Å². The second-order valence-electron chi connectivity index (χ2n) is 8.82. The number of hydrogen-bond donors (Lipinski definition) is 0. The van der Waals surface area contributed by atoms with Crippen molar-refractivity contribution in [3.05, 3.63) is 59.7 Å². The quantitative estimate of drug-likeness (QED) is 0.679. The predicted molar refractivity (Wildman–Crippen MR) is 117 cm³/mol. The Kier molecular flexibility index (Phi) is 4.70. The molecule has 3 aromatic rings. The van der Waals surface area contributed by atoms with Gasteiger partial charge in [-0.3, -0.25) is 4.98 Å². The first-order chi connectivity index (χ1) is 14.1. The van der Waals surface area contributed by atoms with Crippen LogP contribution in [-0.4, -0.2) is 54.1 Å². The zero-order valence-electron chi connectivity index (χ0n) is 17.6. The first-order valence-electron chi connectivity index (χ1n) is 10.7. The Hall–Kier alpha value is -2.53. The van der Waals surface area contributed by atoms with Crippen molar-refractivity contribution in [1.82, 2.24) is 14.3 Å². The molecule has 152 valence electrons. The molecule has 2 aromatic heterocycles. The van der Waals surface area contributed by atoms with Crippen LogP contribution in [0.15, 0.2) is 42.9 Å². The molecule has 29 heavy (non-hydrogen) atoms. The molecule has 4 heterocycles. The van der Waals surface area contributed by atoms with E-state index in [0.29, 0.717) is 12.0 Å². The molecule has 0 aliphatic carbocycles. The molecule has 0 saturated carbocycles. The van der Waals surface area contributed by atoms with Gasteiger partial charge < -0.3 is 18.9 Å². The summed E-state index contributed by atoms with van der Waals surface area (Å²) in [5.74, 6) is 1.46. The molecule has 2 aliphatic heterocycles. The molecule has 1 atom stereocenters. The smallest absolute Gasteiger partial charge is 0.124 e. The summed E-state index contributed by atoms with van der Waals surface area (Å²) in [6, 6.07) is 9.76. The van der Waals surface area contributed by atoms with Crippen LogP contribution >= 0.6 is 0 Å². The molecule has 1 saturated heterocycles. The number of aryl methyl sites for hydroxylation is 1. The number of aromatic nitrogens is 2. The van der Waals surface area contributed by atoms with Crippen molar-refractivity contribution < 1.29 is 4.74 Å². The largest absolute Gasteiger partial charge is 0.493 e. The molecular formula is C24H30N4O. The lowest BCUT2D eigenvalue weighted by Gasteiger charge is -2.37. The van der Waals surface area contributed by atoms with E-state index in [9.17, 15) is 0 Å². The molecule has 5 nitrogen and oxygen atoms in total. The van der Waals surface area contributed by atoms with Crippen LogP contribution in [0.2, 0.25) is 0 Å². The van der Waals surface area contributed by atoms with E-state index in [0.717, 1.165) is 43.1 Å². The van der Waals surface area contributed by atoms with E-state index in [4.69, 9.17) is 4.74 Å². The van der Waals surface area contributed by atoms with Crippen LogP contribution in [0, 0.1) is 6.92 Å². The molecule has 1 fully saturated rings. The van der Waals surface area contributed by atoms with Crippen LogP contribution < -0.4 is 9.64 Å². The molecule has 0 spiro atoms. The summed E-state index contributed by atoms with van der Waals surface area (Å²) < 4.78 is 8.42. The van der Waals surface area contributed by atoms with Gasteiger partial charge in [0.05, 0.1) is 24.0 Å². The highest BCUT2D eigenvalue weighted by molar-refractivity contribution is 5.56. The fourth-order valence-corrected chi connectivity index (χ4v) is 4.77. The Balaban J connectivity index is 1.31. The minimum absolute atomic E-state index is 0.393. The Morgan fingerprint density at radius 1 is 1.10 bits per heavy atom. The maximum Gasteiger partial charge on any atom is 0.124 e. The number of hydrogen-bond acceptors (Lipinski definition) is 4. The molecule has 1 aromatic carbocycles. The minimum Gasteiger partial charge on any atom is -0.493 e. The lowest BCUT2D eigenvalue weighted by molar-refractivity contribution is 0.249. The molecule has 1 unspecified atom stereocenters.